The summed E-state index contributed by atoms with van der Waals surface area (Å²) < 4.78 is 0. The Morgan fingerprint density at radius 1 is 0.875 bits per heavy atom. The molecule has 0 bridgehead atoms. The fourth-order valence-corrected chi connectivity index (χ4v) is 3.69. The van der Waals surface area contributed by atoms with Crippen LogP contribution in [0.25, 0.3) is 0 Å². The zero-order chi connectivity index (χ0) is 23.3. The second kappa shape index (κ2) is 13.3. The average Bonchev–Trinajstić information content (AvgIpc) is 2.80. The molecule has 1 aliphatic rings. The monoisotopic (exact) mass is 439 g/mol. The lowest BCUT2D eigenvalue weighted by Crippen LogP contribution is -2.48. The van der Waals surface area contributed by atoms with E-state index in [1.54, 1.807) is 0 Å². The number of carboxylic acids is 2. The lowest BCUT2D eigenvalue weighted by Gasteiger charge is -2.40. The molecule has 0 radical (unpaired) electrons. The minimum atomic E-state index is -1.26. The highest BCUT2D eigenvalue weighted by atomic mass is 16.4. The van der Waals surface area contributed by atoms with Gasteiger partial charge in [-0.2, -0.15) is 0 Å². The maximum atomic E-state index is 9.55. The Morgan fingerprint density at radius 3 is 1.84 bits per heavy atom. The second-order valence-corrected chi connectivity index (χ2v) is 7.89. The van der Waals surface area contributed by atoms with Crippen molar-refractivity contribution < 1.29 is 19.8 Å². The molecule has 0 aliphatic carbocycles. The summed E-state index contributed by atoms with van der Waals surface area (Å²) in [4.78, 5) is 26.6. The number of para-hydroxylation sites is 1. The molecule has 7 heteroatoms. The molecule has 3 rings (SSSR count). The predicted octanol–water partition coefficient (Wildman–Crippen LogP) is 3.21. The number of aliphatic carboxylic acids is 2. The van der Waals surface area contributed by atoms with Crippen LogP contribution in [0.1, 0.15) is 18.0 Å². The highest BCUT2D eigenvalue weighted by Gasteiger charge is 2.25. The summed E-state index contributed by atoms with van der Waals surface area (Å²) in [7, 11) is 4.32. The normalized spacial score (nSPS) is 15.3. The summed E-state index contributed by atoms with van der Waals surface area (Å²) in [5.74, 6) is -2.51. The quantitative estimate of drug-likeness (QED) is 0.611. The van der Waals surface area contributed by atoms with Gasteiger partial charge in [-0.15, -0.1) is 0 Å². The number of carboxylic acid groups (broad SMARTS) is 2. The Labute approximate surface area is 190 Å². The second-order valence-electron chi connectivity index (χ2n) is 7.89. The predicted molar refractivity (Wildman–Crippen MR) is 127 cm³/mol. The SMILES string of the molecule is CN(C)CCC(c1ccccc1)N1CCN(c2ccccc2)CC1.O=C(O)/C=C\C(=O)O. The molecule has 1 unspecified atom stereocenters. The molecule has 32 heavy (non-hydrogen) atoms. The van der Waals surface area contributed by atoms with E-state index in [4.69, 9.17) is 10.2 Å². The van der Waals surface area contributed by atoms with Crippen LogP contribution in [0.2, 0.25) is 0 Å². The van der Waals surface area contributed by atoms with Gasteiger partial charge < -0.3 is 20.0 Å². The summed E-state index contributed by atoms with van der Waals surface area (Å²) in [5.41, 5.74) is 2.80. The van der Waals surface area contributed by atoms with E-state index in [1.165, 1.54) is 17.7 Å². The highest BCUT2D eigenvalue weighted by molar-refractivity contribution is 5.89. The van der Waals surface area contributed by atoms with E-state index in [2.05, 4.69) is 89.5 Å². The van der Waals surface area contributed by atoms with E-state index in [-0.39, 0.29) is 0 Å². The van der Waals surface area contributed by atoms with Gasteiger partial charge in [-0.25, -0.2) is 9.59 Å². The first-order valence-electron chi connectivity index (χ1n) is 10.7. The Hall–Kier alpha value is -3.16. The van der Waals surface area contributed by atoms with Crippen LogP contribution in [0.15, 0.2) is 72.8 Å². The van der Waals surface area contributed by atoms with Crippen LogP contribution < -0.4 is 4.90 Å². The van der Waals surface area contributed by atoms with E-state index >= 15 is 0 Å². The number of anilines is 1. The number of carbonyl (C=O) groups is 2. The molecule has 2 N–H and O–H groups in total. The first kappa shape index (κ1) is 25.1. The summed E-state index contributed by atoms with van der Waals surface area (Å²) in [5, 5.41) is 15.6. The van der Waals surface area contributed by atoms with E-state index < -0.39 is 11.9 Å². The van der Waals surface area contributed by atoms with Crippen LogP contribution in [0, 0.1) is 0 Å². The Morgan fingerprint density at radius 2 is 1.38 bits per heavy atom. The minimum absolute atomic E-state index is 0.520. The molecule has 1 saturated heterocycles. The van der Waals surface area contributed by atoms with Gasteiger partial charge in [-0.05, 0) is 44.8 Å². The fourth-order valence-electron chi connectivity index (χ4n) is 3.69. The summed E-state index contributed by atoms with van der Waals surface area (Å²) in [6, 6.07) is 22.3. The van der Waals surface area contributed by atoms with Crippen molar-refractivity contribution >= 4 is 17.6 Å². The molecule has 0 spiro atoms. The smallest absolute Gasteiger partial charge is 0.328 e. The first-order chi connectivity index (χ1) is 15.4. The van der Waals surface area contributed by atoms with Crippen molar-refractivity contribution in [1.29, 1.82) is 0 Å². The minimum Gasteiger partial charge on any atom is -0.478 e. The van der Waals surface area contributed by atoms with Crippen molar-refractivity contribution in [3.8, 4) is 0 Å². The lowest BCUT2D eigenvalue weighted by atomic mass is 10.0. The van der Waals surface area contributed by atoms with Gasteiger partial charge in [0.1, 0.15) is 0 Å². The lowest BCUT2D eigenvalue weighted by molar-refractivity contribution is -0.134. The molecular formula is C25H33N3O4. The molecule has 172 valence electrons. The molecule has 0 amide bonds. The van der Waals surface area contributed by atoms with Crippen molar-refractivity contribution in [2.24, 2.45) is 0 Å². The van der Waals surface area contributed by atoms with Gasteiger partial charge in [0, 0.05) is 50.1 Å². The third kappa shape index (κ3) is 8.91. The van der Waals surface area contributed by atoms with E-state index in [1.807, 2.05) is 0 Å². The van der Waals surface area contributed by atoms with Crippen LogP contribution in [-0.4, -0.2) is 78.8 Å². The molecule has 2 aromatic rings. The van der Waals surface area contributed by atoms with Crippen LogP contribution in [0.5, 0.6) is 0 Å². The van der Waals surface area contributed by atoms with Crippen LogP contribution in [0.3, 0.4) is 0 Å². The summed E-state index contributed by atoms with van der Waals surface area (Å²) >= 11 is 0. The number of hydrogen-bond donors (Lipinski definition) is 2. The van der Waals surface area contributed by atoms with Gasteiger partial charge in [0.2, 0.25) is 0 Å². The van der Waals surface area contributed by atoms with Crippen molar-refractivity contribution in [1.82, 2.24) is 9.80 Å². The largest absolute Gasteiger partial charge is 0.478 e. The third-order valence-corrected chi connectivity index (χ3v) is 5.28. The Balaban J connectivity index is 0.000000390. The molecule has 1 heterocycles. The topological polar surface area (TPSA) is 84.3 Å². The highest BCUT2D eigenvalue weighted by Crippen LogP contribution is 2.27. The van der Waals surface area contributed by atoms with Crippen molar-refractivity contribution in [3.05, 3.63) is 78.4 Å². The van der Waals surface area contributed by atoms with Gasteiger partial charge in [-0.1, -0.05) is 48.5 Å². The van der Waals surface area contributed by atoms with E-state index in [0.717, 1.165) is 32.7 Å². The molecule has 1 aliphatic heterocycles. The zero-order valence-electron chi connectivity index (χ0n) is 18.8. The van der Waals surface area contributed by atoms with Gasteiger partial charge in [-0.3, -0.25) is 4.90 Å². The number of benzene rings is 2. The number of nitrogens with zero attached hydrogens (tertiary/aromatic N) is 3. The molecule has 2 aromatic carbocycles. The Bertz CT molecular complexity index is 832. The summed E-state index contributed by atoms with van der Waals surface area (Å²) in [6.45, 7) is 5.59. The van der Waals surface area contributed by atoms with Gasteiger partial charge in [0.15, 0.2) is 0 Å². The standard InChI is InChI=1S/C21H29N3.C4H4O4/c1-22(2)14-13-21(19-9-5-3-6-10-19)24-17-15-23(16-18-24)20-11-7-4-8-12-20;5-3(6)1-2-4(7)8/h3-12,21H,13-18H2,1-2H3;1-2H,(H,5,6)(H,7,8)/b;2-1-. The van der Waals surface area contributed by atoms with Gasteiger partial charge >= 0.3 is 11.9 Å². The number of hydrogen-bond acceptors (Lipinski definition) is 5. The van der Waals surface area contributed by atoms with E-state index in [9.17, 15) is 9.59 Å². The van der Waals surface area contributed by atoms with E-state index in [0.29, 0.717) is 18.2 Å². The number of rotatable bonds is 8. The molecule has 7 nitrogen and oxygen atoms in total. The van der Waals surface area contributed by atoms with Crippen LogP contribution in [-0.2, 0) is 9.59 Å². The molecular weight excluding hydrogens is 406 g/mol. The zero-order valence-corrected chi connectivity index (χ0v) is 18.8. The number of piperazine rings is 1. The Kier molecular flexibility index (Phi) is 10.4. The van der Waals surface area contributed by atoms with Crippen LogP contribution >= 0.6 is 0 Å². The molecule has 0 aromatic heterocycles. The van der Waals surface area contributed by atoms with Crippen molar-refractivity contribution in [2.45, 2.75) is 12.5 Å². The van der Waals surface area contributed by atoms with Gasteiger partial charge in [0.25, 0.3) is 0 Å². The molecule has 1 fully saturated rings. The maximum absolute atomic E-state index is 9.55. The third-order valence-electron chi connectivity index (χ3n) is 5.28. The average molecular weight is 440 g/mol. The summed E-state index contributed by atoms with van der Waals surface area (Å²) in [6.07, 6.45) is 2.30. The molecule has 0 saturated carbocycles. The molecule has 1 atom stereocenters. The van der Waals surface area contributed by atoms with Crippen LogP contribution in [0.4, 0.5) is 5.69 Å². The maximum Gasteiger partial charge on any atom is 0.328 e. The van der Waals surface area contributed by atoms with Crippen molar-refractivity contribution in [2.75, 3.05) is 51.7 Å². The first-order valence-corrected chi connectivity index (χ1v) is 10.7. The fraction of sp³-hybridized carbons (Fsp3) is 0.360. The van der Waals surface area contributed by atoms with Gasteiger partial charge in [0.05, 0.1) is 0 Å². The van der Waals surface area contributed by atoms with Crippen molar-refractivity contribution in [3.63, 3.8) is 0 Å².